The Morgan fingerprint density at radius 3 is 2.49 bits per heavy atom. The third-order valence-electron chi connectivity index (χ3n) is 6.75. The SMILES string of the molecule is Cc1nc2c(cc(C(=O)NCc3ccc(Cl)cc3)c(=O)n2CC(=O)N2CC(C)(F)C2)c2c1nc(C)n2C. The van der Waals surface area contributed by atoms with Gasteiger partial charge in [-0.25, -0.2) is 14.4 Å². The highest BCUT2D eigenvalue weighted by Crippen LogP contribution is 2.28. The number of likely N-dealkylation sites (tertiary alicyclic amines) is 1. The van der Waals surface area contributed by atoms with Crippen LogP contribution in [-0.2, 0) is 24.9 Å². The Kier molecular flexibility index (Phi) is 6.02. The van der Waals surface area contributed by atoms with Crippen molar-refractivity contribution in [3.05, 3.63) is 68.4 Å². The van der Waals surface area contributed by atoms with Gasteiger partial charge in [0.2, 0.25) is 5.91 Å². The summed E-state index contributed by atoms with van der Waals surface area (Å²) < 4.78 is 17.1. The number of aryl methyl sites for hydroxylation is 3. The minimum atomic E-state index is -1.45. The molecule has 37 heavy (non-hydrogen) atoms. The number of pyridine rings is 2. The Hall–Kier alpha value is -3.79. The number of amides is 2. The van der Waals surface area contributed by atoms with Crippen LogP contribution in [0, 0.1) is 13.8 Å². The summed E-state index contributed by atoms with van der Waals surface area (Å²) in [6.07, 6.45) is 0. The van der Waals surface area contributed by atoms with Crippen LogP contribution in [0.1, 0.15) is 34.4 Å². The average molecular weight is 525 g/mol. The van der Waals surface area contributed by atoms with E-state index in [2.05, 4.69) is 15.3 Å². The van der Waals surface area contributed by atoms with E-state index in [1.165, 1.54) is 22.5 Å². The zero-order chi connectivity index (χ0) is 26.6. The number of nitrogens with one attached hydrogen (secondary N) is 1. The van der Waals surface area contributed by atoms with E-state index in [1.54, 1.807) is 31.2 Å². The fourth-order valence-corrected chi connectivity index (χ4v) is 4.81. The molecular formula is C26H26ClFN6O3. The molecule has 0 radical (unpaired) electrons. The van der Waals surface area contributed by atoms with Crippen LogP contribution in [0.3, 0.4) is 0 Å². The maximum absolute atomic E-state index is 14.0. The van der Waals surface area contributed by atoms with Gasteiger partial charge in [-0.1, -0.05) is 23.7 Å². The Balaban J connectivity index is 1.61. The van der Waals surface area contributed by atoms with Crippen molar-refractivity contribution in [2.24, 2.45) is 7.05 Å². The lowest BCUT2D eigenvalue weighted by Gasteiger charge is -2.42. The third kappa shape index (κ3) is 4.46. The number of imidazole rings is 1. The van der Waals surface area contributed by atoms with Crippen molar-refractivity contribution < 1.29 is 14.0 Å². The second-order valence-corrected chi connectivity index (χ2v) is 10.2. The standard InChI is InChI=1S/C26H26ClFN6O3/c1-14-21-22(32(4)15(2)31-21)18-9-19(24(36)29-10-16-5-7-17(27)8-6-16)25(37)34(23(18)30-14)11-20(35)33-12-26(3,28)13-33/h5-9H,10-13H2,1-4H3,(H,29,36). The second kappa shape index (κ2) is 8.95. The maximum atomic E-state index is 14.0. The van der Waals surface area contributed by atoms with E-state index in [1.807, 2.05) is 18.5 Å². The lowest BCUT2D eigenvalue weighted by Crippen LogP contribution is -2.60. The smallest absolute Gasteiger partial charge is 0.265 e. The van der Waals surface area contributed by atoms with Gasteiger partial charge in [-0.05, 0) is 44.5 Å². The van der Waals surface area contributed by atoms with Crippen LogP contribution in [-0.4, -0.2) is 54.6 Å². The topological polar surface area (TPSA) is 102 Å². The molecule has 11 heteroatoms. The predicted molar refractivity (Wildman–Crippen MR) is 138 cm³/mol. The summed E-state index contributed by atoms with van der Waals surface area (Å²) in [5.74, 6) is -0.272. The quantitative estimate of drug-likeness (QED) is 0.432. The van der Waals surface area contributed by atoms with E-state index in [0.29, 0.717) is 27.1 Å². The van der Waals surface area contributed by atoms with E-state index in [9.17, 15) is 18.8 Å². The maximum Gasteiger partial charge on any atom is 0.265 e. The molecule has 1 N–H and O–H groups in total. The molecule has 192 valence electrons. The number of hydrogen-bond donors (Lipinski definition) is 1. The van der Waals surface area contributed by atoms with Crippen LogP contribution < -0.4 is 10.9 Å². The number of carbonyl (C=O) groups is 2. The number of aromatic nitrogens is 4. The molecule has 5 rings (SSSR count). The molecule has 1 aliphatic rings. The highest BCUT2D eigenvalue weighted by atomic mass is 35.5. The molecule has 4 heterocycles. The lowest BCUT2D eigenvalue weighted by atomic mass is 9.99. The summed E-state index contributed by atoms with van der Waals surface area (Å²) in [6.45, 7) is 4.79. The number of carbonyl (C=O) groups excluding carboxylic acids is 2. The Bertz CT molecular complexity index is 1630. The fourth-order valence-electron chi connectivity index (χ4n) is 4.69. The molecule has 1 aromatic carbocycles. The predicted octanol–water partition coefficient (Wildman–Crippen LogP) is 3.05. The van der Waals surface area contributed by atoms with E-state index < -0.39 is 23.0 Å². The summed E-state index contributed by atoms with van der Waals surface area (Å²) in [7, 11) is 1.84. The van der Waals surface area contributed by atoms with E-state index in [-0.39, 0.29) is 37.4 Å². The van der Waals surface area contributed by atoms with Crippen LogP contribution in [0.15, 0.2) is 35.1 Å². The summed E-state index contributed by atoms with van der Waals surface area (Å²) in [6, 6.07) is 8.49. The molecule has 0 atom stereocenters. The van der Waals surface area contributed by atoms with Crippen molar-refractivity contribution in [1.82, 2.24) is 29.3 Å². The zero-order valence-electron chi connectivity index (χ0n) is 20.9. The van der Waals surface area contributed by atoms with Crippen LogP contribution >= 0.6 is 11.6 Å². The average Bonchev–Trinajstić information content (AvgIpc) is 3.14. The first kappa shape index (κ1) is 24.9. The molecule has 1 aliphatic heterocycles. The number of hydrogen-bond acceptors (Lipinski definition) is 5. The molecule has 0 spiro atoms. The first-order valence-electron chi connectivity index (χ1n) is 11.8. The molecule has 4 aromatic rings. The van der Waals surface area contributed by atoms with Crippen molar-refractivity contribution in [3.63, 3.8) is 0 Å². The minimum absolute atomic E-state index is 0.0442. The van der Waals surface area contributed by atoms with Gasteiger partial charge in [0, 0.05) is 24.0 Å². The highest BCUT2D eigenvalue weighted by Gasteiger charge is 2.41. The second-order valence-electron chi connectivity index (χ2n) is 9.77. The van der Waals surface area contributed by atoms with Gasteiger partial charge < -0.3 is 14.8 Å². The van der Waals surface area contributed by atoms with E-state index >= 15 is 0 Å². The van der Waals surface area contributed by atoms with Crippen molar-refractivity contribution in [3.8, 4) is 0 Å². The first-order chi connectivity index (χ1) is 17.4. The molecule has 0 saturated carbocycles. The number of alkyl halides is 1. The molecule has 2 amide bonds. The molecule has 0 aliphatic carbocycles. The van der Waals surface area contributed by atoms with Gasteiger partial charge >= 0.3 is 0 Å². The van der Waals surface area contributed by atoms with Crippen LogP contribution in [0.2, 0.25) is 5.02 Å². The molecule has 0 unspecified atom stereocenters. The number of nitrogens with zero attached hydrogens (tertiary/aromatic N) is 5. The third-order valence-corrected chi connectivity index (χ3v) is 7.00. The van der Waals surface area contributed by atoms with Crippen LogP contribution in [0.4, 0.5) is 4.39 Å². The van der Waals surface area contributed by atoms with Crippen molar-refractivity contribution in [2.45, 2.75) is 39.5 Å². The van der Waals surface area contributed by atoms with Gasteiger partial charge in [-0.2, -0.15) is 0 Å². The molecule has 1 saturated heterocycles. The van der Waals surface area contributed by atoms with Crippen molar-refractivity contribution in [2.75, 3.05) is 13.1 Å². The Morgan fingerprint density at radius 1 is 1.16 bits per heavy atom. The zero-order valence-corrected chi connectivity index (χ0v) is 21.7. The van der Waals surface area contributed by atoms with E-state index in [4.69, 9.17) is 11.6 Å². The molecule has 0 bridgehead atoms. The summed E-state index contributed by atoms with van der Waals surface area (Å²) >= 11 is 5.93. The Morgan fingerprint density at radius 2 is 1.84 bits per heavy atom. The molecule has 3 aromatic heterocycles. The Labute approximate surface area is 216 Å². The van der Waals surface area contributed by atoms with Crippen LogP contribution in [0.25, 0.3) is 22.1 Å². The number of benzene rings is 1. The van der Waals surface area contributed by atoms with Crippen molar-refractivity contribution >= 4 is 45.5 Å². The van der Waals surface area contributed by atoms with Gasteiger partial charge in [-0.3, -0.25) is 19.0 Å². The monoisotopic (exact) mass is 524 g/mol. The number of fused-ring (bicyclic) bond motifs is 3. The van der Waals surface area contributed by atoms with Crippen molar-refractivity contribution in [1.29, 1.82) is 0 Å². The normalized spacial score (nSPS) is 14.7. The molecule has 1 fully saturated rings. The minimum Gasteiger partial charge on any atom is -0.348 e. The largest absolute Gasteiger partial charge is 0.348 e. The first-order valence-corrected chi connectivity index (χ1v) is 12.2. The van der Waals surface area contributed by atoms with Gasteiger partial charge in [0.15, 0.2) is 0 Å². The van der Waals surface area contributed by atoms with Gasteiger partial charge in [-0.15, -0.1) is 0 Å². The summed E-state index contributed by atoms with van der Waals surface area (Å²) in [5.41, 5.74) is 0.793. The van der Waals surface area contributed by atoms with Gasteiger partial charge in [0.1, 0.15) is 34.8 Å². The summed E-state index contributed by atoms with van der Waals surface area (Å²) in [4.78, 5) is 50.3. The van der Waals surface area contributed by atoms with Gasteiger partial charge in [0.05, 0.1) is 24.3 Å². The summed E-state index contributed by atoms with van der Waals surface area (Å²) in [5, 5.41) is 3.87. The van der Waals surface area contributed by atoms with E-state index in [0.717, 1.165) is 11.4 Å². The molecule has 9 nitrogen and oxygen atoms in total. The lowest BCUT2D eigenvalue weighted by molar-refractivity contribution is -0.144. The number of rotatable bonds is 5. The van der Waals surface area contributed by atoms with Crippen LogP contribution in [0.5, 0.6) is 0 Å². The highest BCUT2D eigenvalue weighted by molar-refractivity contribution is 6.30. The fraction of sp³-hybridized carbons (Fsp3) is 0.346. The van der Waals surface area contributed by atoms with Gasteiger partial charge in [0.25, 0.3) is 11.5 Å². The molecular weight excluding hydrogens is 499 g/mol. The number of halogens is 2.